The zero-order chi connectivity index (χ0) is 13.7. The molecule has 0 saturated carbocycles. The van der Waals surface area contributed by atoms with E-state index in [0.717, 1.165) is 5.56 Å². The third-order valence-corrected chi connectivity index (χ3v) is 2.60. The SMILES string of the molecule is C/C(=N\NC(=O)c1cnccn1)c1cccc(Cl)c1. The van der Waals surface area contributed by atoms with Gasteiger partial charge in [0.25, 0.3) is 5.91 Å². The van der Waals surface area contributed by atoms with Gasteiger partial charge >= 0.3 is 0 Å². The molecule has 1 N–H and O–H groups in total. The maximum atomic E-state index is 11.7. The summed E-state index contributed by atoms with van der Waals surface area (Å²) in [6.07, 6.45) is 4.32. The van der Waals surface area contributed by atoms with Gasteiger partial charge in [-0.25, -0.2) is 10.4 Å². The van der Waals surface area contributed by atoms with Crippen LogP contribution < -0.4 is 5.43 Å². The van der Waals surface area contributed by atoms with E-state index in [1.807, 2.05) is 12.1 Å². The van der Waals surface area contributed by atoms with Crippen molar-refractivity contribution >= 4 is 23.2 Å². The first-order chi connectivity index (χ1) is 9.16. The number of hydrazone groups is 1. The van der Waals surface area contributed by atoms with Gasteiger partial charge in [0.1, 0.15) is 5.69 Å². The standard InChI is InChI=1S/C13H11ClN4O/c1-9(10-3-2-4-11(14)7-10)17-18-13(19)12-8-15-5-6-16-12/h2-8H,1H3,(H,18,19)/b17-9+. The first kappa shape index (κ1) is 13.2. The Bertz CT molecular complexity index is 613. The molecule has 0 atom stereocenters. The van der Waals surface area contributed by atoms with Crippen molar-refractivity contribution in [3.8, 4) is 0 Å². The van der Waals surface area contributed by atoms with Crippen LogP contribution in [-0.2, 0) is 0 Å². The van der Waals surface area contributed by atoms with Gasteiger partial charge in [-0.15, -0.1) is 0 Å². The summed E-state index contributed by atoms with van der Waals surface area (Å²) in [5, 5.41) is 4.62. The normalized spacial score (nSPS) is 11.2. The molecule has 0 saturated heterocycles. The zero-order valence-corrected chi connectivity index (χ0v) is 10.9. The van der Waals surface area contributed by atoms with Crippen molar-refractivity contribution in [3.63, 3.8) is 0 Å². The number of carbonyl (C=O) groups excluding carboxylic acids is 1. The average Bonchev–Trinajstić information content (AvgIpc) is 2.45. The number of rotatable bonds is 3. The second-order valence-electron chi connectivity index (χ2n) is 3.74. The Kier molecular flexibility index (Phi) is 4.20. The highest BCUT2D eigenvalue weighted by Crippen LogP contribution is 2.11. The molecular formula is C13H11ClN4O. The summed E-state index contributed by atoms with van der Waals surface area (Å²) in [6.45, 7) is 1.78. The van der Waals surface area contributed by atoms with Crippen LogP contribution in [0.2, 0.25) is 5.02 Å². The fraction of sp³-hybridized carbons (Fsp3) is 0.0769. The lowest BCUT2D eigenvalue weighted by Gasteiger charge is -2.02. The molecule has 0 aliphatic rings. The van der Waals surface area contributed by atoms with Crippen LogP contribution in [0.4, 0.5) is 0 Å². The second kappa shape index (κ2) is 6.06. The summed E-state index contributed by atoms with van der Waals surface area (Å²) >= 11 is 5.89. The predicted octanol–water partition coefficient (Wildman–Crippen LogP) is 2.28. The first-order valence-corrected chi connectivity index (χ1v) is 5.91. The lowest BCUT2D eigenvalue weighted by molar-refractivity contribution is 0.0949. The fourth-order valence-electron chi connectivity index (χ4n) is 1.39. The van der Waals surface area contributed by atoms with E-state index in [2.05, 4.69) is 20.5 Å². The highest BCUT2D eigenvalue weighted by Gasteiger charge is 2.06. The molecule has 0 fully saturated rings. The van der Waals surface area contributed by atoms with E-state index in [9.17, 15) is 4.79 Å². The van der Waals surface area contributed by atoms with Crippen molar-refractivity contribution in [2.75, 3.05) is 0 Å². The van der Waals surface area contributed by atoms with Crippen molar-refractivity contribution in [1.82, 2.24) is 15.4 Å². The minimum Gasteiger partial charge on any atom is -0.265 e. The van der Waals surface area contributed by atoms with Crippen LogP contribution in [0.3, 0.4) is 0 Å². The molecule has 19 heavy (non-hydrogen) atoms. The van der Waals surface area contributed by atoms with Crippen LogP contribution in [0, 0.1) is 0 Å². The van der Waals surface area contributed by atoms with Gasteiger partial charge in [0.15, 0.2) is 0 Å². The van der Waals surface area contributed by atoms with Crippen molar-refractivity contribution in [2.45, 2.75) is 6.92 Å². The Labute approximate surface area is 115 Å². The van der Waals surface area contributed by atoms with E-state index >= 15 is 0 Å². The van der Waals surface area contributed by atoms with Crippen molar-refractivity contribution in [3.05, 3.63) is 59.1 Å². The smallest absolute Gasteiger partial charge is 0.265 e. The number of aromatic nitrogens is 2. The molecule has 2 rings (SSSR count). The lowest BCUT2D eigenvalue weighted by atomic mass is 10.1. The number of hydrogen-bond donors (Lipinski definition) is 1. The molecule has 0 spiro atoms. The quantitative estimate of drug-likeness (QED) is 0.690. The summed E-state index contributed by atoms with van der Waals surface area (Å²) in [5.74, 6) is -0.408. The van der Waals surface area contributed by atoms with E-state index in [1.54, 1.807) is 19.1 Å². The van der Waals surface area contributed by atoms with Gasteiger partial charge in [0, 0.05) is 17.4 Å². The molecule has 1 amide bonds. The van der Waals surface area contributed by atoms with E-state index in [-0.39, 0.29) is 5.69 Å². The number of halogens is 1. The van der Waals surface area contributed by atoms with E-state index in [0.29, 0.717) is 10.7 Å². The summed E-state index contributed by atoms with van der Waals surface area (Å²) in [4.78, 5) is 19.4. The van der Waals surface area contributed by atoms with E-state index in [4.69, 9.17) is 11.6 Å². The van der Waals surface area contributed by atoms with Crippen LogP contribution in [0.1, 0.15) is 23.0 Å². The molecule has 0 aliphatic heterocycles. The predicted molar refractivity (Wildman–Crippen MR) is 73.2 cm³/mol. The van der Waals surface area contributed by atoms with Crippen LogP contribution >= 0.6 is 11.6 Å². The molecule has 96 valence electrons. The largest absolute Gasteiger partial charge is 0.291 e. The number of nitrogens with zero attached hydrogens (tertiary/aromatic N) is 3. The number of carbonyl (C=O) groups is 1. The summed E-state index contributed by atoms with van der Waals surface area (Å²) in [6, 6.07) is 7.23. The molecular weight excluding hydrogens is 264 g/mol. The molecule has 0 bridgehead atoms. The second-order valence-corrected chi connectivity index (χ2v) is 4.18. The Morgan fingerprint density at radius 1 is 1.37 bits per heavy atom. The van der Waals surface area contributed by atoms with Crippen LogP contribution in [0.15, 0.2) is 48.0 Å². The molecule has 5 nitrogen and oxygen atoms in total. The summed E-state index contributed by atoms with van der Waals surface area (Å²) in [7, 11) is 0. The number of nitrogens with one attached hydrogen (secondary N) is 1. The fourth-order valence-corrected chi connectivity index (χ4v) is 1.58. The van der Waals surface area contributed by atoms with Gasteiger partial charge in [0.05, 0.1) is 11.9 Å². The Morgan fingerprint density at radius 2 is 2.21 bits per heavy atom. The van der Waals surface area contributed by atoms with Crippen LogP contribution in [0.5, 0.6) is 0 Å². The Hall–Kier alpha value is -2.27. The minimum absolute atomic E-state index is 0.213. The molecule has 0 aliphatic carbocycles. The lowest BCUT2D eigenvalue weighted by Crippen LogP contribution is -2.20. The molecule has 2 aromatic rings. The average molecular weight is 275 g/mol. The topological polar surface area (TPSA) is 67.2 Å². The molecule has 6 heteroatoms. The maximum Gasteiger partial charge on any atom is 0.291 e. The summed E-state index contributed by atoms with van der Waals surface area (Å²) in [5.41, 5.74) is 4.13. The highest BCUT2D eigenvalue weighted by molar-refractivity contribution is 6.31. The van der Waals surface area contributed by atoms with Gasteiger partial charge in [-0.2, -0.15) is 5.10 Å². The minimum atomic E-state index is -0.408. The maximum absolute atomic E-state index is 11.7. The Morgan fingerprint density at radius 3 is 2.89 bits per heavy atom. The van der Waals surface area contributed by atoms with E-state index < -0.39 is 5.91 Å². The van der Waals surface area contributed by atoms with Crippen molar-refractivity contribution in [2.24, 2.45) is 5.10 Å². The van der Waals surface area contributed by atoms with Crippen LogP contribution in [-0.4, -0.2) is 21.6 Å². The van der Waals surface area contributed by atoms with Gasteiger partial charge in [-0.1, -0.05) is 23.7 Å². The van der Waals surface area contributed by atoms with Crippen molar-refractivity contribution in [1.29, 1.82) is 0 Å². The van der Waals surface area contributed by atoms with Gasteiger partial charge in [-0.05, 0) is 24.6 Å². The monoisotopic (exact) mass is 274 g/mol. The number of hydrogen-bond acceptors (Lipinski definition) is 4. The van der Waals surface area contributed by atoms with E-state index in [1.165, 1.54) is 18.6 Å². The highest BCUT2D eigenvalue weighted by atomic mass is 35.5. The Balaban J connectivity index is 2.09. The molecule has 1 heterocycles. The third-order valence-electron chi connectivity index (χ3n) is 2.36. The van der Waals surface area contributed by atoms with Crippen LogP contribution in [0.25, 0.3) is 0 Å². The number of benzene rings is 1. The first-order valence-electron chi connectivity index (χ1n) is 5.53. The van der Waals surface area contributed by atoms with Gasteiger partial charge in [-0.3, -0.25) is 9.78 Å². The molecule has 0 radical (unpaired) electrons. The molecule has 0 unspecified atom stereocenters. The zero-order valence-electron chi connectivity index (χ0n) is 10.2. The summed E-state index contributed by atoms with van der Waals surface area (Å²) < 4.78 is 0. The third kappa shape index (κ3) is 3.59. The molecule has 1 aromatic heterocycles. The van der Waals surface area contributed by atoms with Crippen molar-refractivity contribution < 1.29 is 4.79 Å². The van der Waals surface area contributed by atoms with Gasteiger partial charge in [0.2, 0.25) is 0 Å². The molecule has 1 aromatic carbocycles. The number of amides is 1. The van der Waals surface area contributed by atoms with Gasteiger partial charge < -0.3 is 0 Å².